The smallest absolute Gasteiger partial charge is 0.309 e. The van der Waals surface area contributed by atoms with E-state index in [0.717, 1.165) is 24.8 Å². The number of hydrogen-bond donors (Lipinski definition) is 0. The first-order valence-electron chi connectivity index (χ1n) is 6.46. The van der Waals surface area contributed by atoms with E-state index in [9.17, 15) is 4.79 Å². The van der Waals surface area contributed by atoms with Crippen LogP contribution in [-0.2, 0) is 16.1 Å². The minimum Gasteiger partial charge on any atom is -0.461 e. The first kappa shape index (κ1) is 12.2. The Labute approximate surface area is 103 Å². The van der Waals surface area contributed by atoms with E-state index in [1.54, 1.807) is 0 Å². The van der Waals surface area contributed by atoms with Crippen molar-refractivity contribution < 1.29 is 9.53 Å². The van der Waals surface area contributed by atoms with Gasteiger partial charge in [0.25, 0.3) is 0 Å². The van der Waals surface area contributed by atoms with Crippen LogP contribution in [-0.4, -0.2) is 5.97 Å². The standard InChI is InChI=1S/C15H20O2/c1-12-6-5-9-14(10-12)15(16)17-11-13-7-3-2-4-8-13/h2-4,7-8,12,14H,5-6,9-11H2,1H3. The first-order chi connectivity index (χ1) is 8.25. The SMILES string of the molecule is CC1CCCC(C(=O)OCc2ccccc2)C1. The van der Waals surface area contributed by atoms with E-state index in [-0.39, 0.29) is 11.9 Å². The Kier molecular flexibility index (Phi) is 4.18. The summed E-state index contributed by atoms with van der Waals surface area (Å²) >= 11 is 0. The Bertz CT molecular complexity index is 358. The van der Waals surface area contributed by atoms with Gasteiger partial charge in [0.15, 0.2) is 0 Å². The quantitative estimate of drug-likeness (QED) is 0.745. The van der Waals surface area contributed by atoms with Crippen molar-refractivity contribution >= 4 is 5.97 Å². The second-order valence-electron chi connectivity index (χ2n) is 5.06. The molecule has 0 heterocycles. The first-order valence-corrected chi connectivity index (χ1v) is 6.46. The Balaban J connectivity index is 1.81. The highest BCUT2D eigenvalue weighted by atomic mass is 16.5. The highest BCUT2D eigenvalue weighted by Gasteiger charge is 2.26. The summed E-state index contributed by atoms with van der Waals surface area (Å²) in [6.45, 7) is 2.63. The van der Waals surface area contributed by atoms with Crippen molar-refractivity contribution in [2.24, 2.45) is 11.8 Å². The average Bonchev–Trinajstić information content (AvgIpc) is 2.37. The lowest BCUT2D eigenvalue weighted by atomic mass is 9.82. The molecule has 1 fully saturated rings. The predicted molar refractivity (Wildman–Crippen MR) is 67.4 cm³/mol. The molecule has 1 aliphatic carbocycles. The van der Waals surface area contributed by atoms with Gasteiger partial charge >= 0.3 is 5.97 Å². The second-order valence-corrected chi connectivity index (χ2v) is 5.06. The van der Waals surface area contributed by atoms with Gasteiger partial charge < -0.3 is 4.74 Å². The molecular weight excluding hydrogens is 212 g/mol. The summed E-state index contributed by atoms with van der Waals surface area (Å²) in [6, 6.07) is 9.86. The molecule has 0 amide bonds. The fourth-order valence-electron chi connectivity index (χ4n) is 2.49. The van der Waals surface area contributed by atoms with Crippen LogP contribution < -0.4 is 0 Å². The molecule has 2 atom stereocenters. The van der Waals surface area contributed by atoms with E-state index in [4.69, 9.17) is 4.74 Å². The van der Waals surface area contributed by atoms with Crippen molar-refractivity contribution in [2.75, 3.05) is 0 Å². The maximum atomic E-state index is 11.9. The number of rotatable bonds is 3. The lowest BCUT2D eigenvalue weighted by molar-refractivity contribution is -0.151. The molecule has 0 aliphatic heterocycles. The number of ether oxygens (including phenoxy) is 1. The van der Waals surface area contributed by atoms with Gasteiger partial charge in [-0.3, -0.25) is 4.79 Å². The molecule has 1 saturated carbocycles. The van der Waals surface area contributed by atoms with Crippen molar-refractivity contribution in [3.8, 4) is 0 Å². The summed E-state index contributed by atoms with van der Waals surface area (Å²) in [7, 11) is 0. The molecule has 92 valence electrons. The Morgan fingerprint density at radius 1 is 1.29 bits per heavy atom. The molecule has 0 saturated heterocycles. The third-order valence-corrected chi connectivity index (χ3v) is 3.49. The van der Waals surface area contributed by atoms with Gasteiger partial charge in [-0.25, -0.2) is 0 Å². The monoisotopic (exact) mass is 232 g/mol. The zero-order chi connectivity index (χ0) is 12.1. The minimum atomic E-state index is -0.0135. The average molecular weight is 232 g/mol. The van der Waals surface area contributed by atoms with Gasteiger partial charge in [0, 0.05) is 0 Å². The van der Waals surface area contributed by atoms with Crippen LogP contribution in [0.4, 0.5) is 0 Å². The molecule has 1 aliphatic rings. The van der Waals surface area contributed by atoms with Crippen molar-refractivity contribution in [2.45, 2.75) is 39.2 Å². The maximum absolute atomic E-state index is 11.9. The largest absolute Gasteiger partial charge is 0.461 e. The minimum absolute atomic E-state index is 0.0135. The third-order valence-electron chi connectivity index (χ3n) is 3.49. The molecule has 2 unspecified atom stereocenters. The molecule has 0 aromatic heterocycles. The van der Waals surface area contributed by atoms with Crippen LogP contribution in [0.2, 0.25) is 0 Å². The highest BCUT2D eigenvalue weighted by Crippen LogP contribution is 2.29. The molecule has 0 radical (unpaired) electrons. The lowest BCUT2D eigenvalue weighted by Gasteiger charge is -2.25. The normalized spacial score (nSPS) is 24.3. The fourth-order valence-corrected chi connectivity index (χ4v) is 2.49. The summed E-state index contributed by atoms with van der Waals surface area (Å²) in [5, 5.41) is 0. The molecule has 2 heteroatoms. The van der Waals surface area contributed by atoms with Gasteiger partial charge in [-0.1, -0.05) is 50.1 Å². The number of carbonyl (C=O) groups excluding carboxylic acids is 1. The Hall–Kier alpha value is -1.31. The maximum Gasteiger partial charge on any atom is 0.309 e. The van der Waals surface area contributed by atoms with Gasteiger partial charge in [0.1, 0.15) is 6.61 Å². The summed E-state index contributed by atoms with van der Waals surface area (Å²) < 4.78 is 5.38. The summed E-state index contributed by atoms with van der Waals surface area (Å²) in [6.07, 6.45) is 4.40. The molecule has 17 heavy (non-hydrogen) atoms. The van der Waals surface area contributed by atoms with Gasteiger partial charge in [0.2, 0.25) is 0 Å². The highest BCUT2D eigenvalue weighted by molar-refractivity contribution is 5.72. The van der Waals surface area contributed by atoms with Gasteiger partial charge in [-0.05, 0) is 24.3 Å². The van der Waals surface area contributed by atoms with Gasteiger partial charge in [-0.15, -0.1) is 0 Å². The van der Waals surface area contributed by atoms with E-state index in [0.29, 0.717) is 12.5 Å². The number of benzene rings is 1. The Morgan fingerprint density at radius 3 is 2.76 bits per heavy atom. The van der Waals surface area contributed by atoms with Crippen LogP contribution >= 0.6 is 0 Å². The molecule has 0 N–H and O–H groups in total. The summed E-state index contributed by atoms with van der Waals surface area (Å²) in [5.74, 6) is 0.779. The van der Waals surface area contributed by atoms with Gasteiger partial charge in [-0.2, -0.15) is 0 Å². The summed E-state index contributed by atoms with van der Waals surface area (Å²) in [5.41, 5.74) is 1.06. The Morgan fingerprint density at radius 2 is 2.06 bits per heavy atom. The van der Waals surface area contributed by atoms with E-state index < -0.39 is 0 Å². The van der Waals surface area contributed by atoms with Crippen LogP contribution in [0.1, 0.15) is 38.2 Å². The molecule has 2 nitrogen and oxygen atoms in total. The van der Waals surface area contributed by atoms with Crippen molar-refractivity contribution in [3.63, 3.8) is 0 Å². The van der Waals surface area contributed by atoms with Crippen LogP contribution in [0.25, 0.3) is 0 Å². The van der Waals surface area contributed by atoms with E-state index in [2.05, 4.69) is 6.92 Å². The molecular formula is C15H20O2. The van der Waals surface area contributed by atoms with E-state index >= 15 is 0 Å². The number of carbonyl (C=O) groups is 1. The fraction of sp³-hybridized carbons (Fsp3) is 0.533. The molecule has 1 aromatic rings. The summed E-state index contributed by atoms with van der Waals surface area (Å²) in [4.78, 5) is 11.9. The predicted octanol–water partition coefficient (Wildman–Crippen LogP) is 3.56. The van der Waals surface area contributed by atoms with Crippen LogP contribution in [0.15, 0.2) is 30.3 Å². The second kappa shape index (κ2) is 5.85. The lowest BCUT2D eigenvalue weighted by Crippen LogP contribution is -2.23. The van der Waals surface area contributed by atoms with Crippen molar-refractivity contribution in [1.82, 2.24) is 0 Å². The van der Waals surface area contributed by atoms with Crippen LogP contribution in [0, 0.1) is 11.8 Å². The third kappa shape index (κ3) is 3.58. The number of esters is 1. The topological polar surface area (TPSA) is 26.3 Å². The molecule has 0 bridgehead atoms. The van der Waals surface area contributed by atoms with Crippen molar-refractivity contribution in [3.05, 3.63) is 35.9 Å². The molecule has 0 spiro atoms. The zero-order valence-electron chi connectivity index (χ0n) is 10.4. The van der Waals surface area contributed by atoms with Gasteiger partial charge in [0.05, 0.1) is 5.92 Å². The van der Waals surface area contributed by atoms with Crippen LogP contribution in [0.3, 0.4) is 0 Å². The molecule has 2 rings (SSSR count). The molecule has 1 aromatic carbocycles. The van der Waals surface area contributed by atoms with E-state index in [1.807, 2.05) is 30.3 Å². The van der Waals surface area contributed by atoms with Crippen LogP contribution in [0.5, 0.6) is 0 Å². The van der Waals surface area contributed by atoms with E-state index in [1.165, 1.54) is 6.42 Å². The zero-order valence-corrected chi connectivity index (χ0v) is 10.4. The number of hydrogen-bond acceptors (Lipinski definition) is 2. The van der Waals surface area contributed by atoms with Crippen molar-refractivity contribution in [1.29, 1.82) is 0 Å².